The van der Waals surface area contributed by atoms with Gasteiger partial charge in [0.2, 0.25) is 0 Å². The molecule has 0 aliphatic rings. The number of amides is 1. The molecule has 0 aromatic heterocycles. The van der Waals surface area contributed by atoms with Crippen molar-refractivity contribution in [2.75, 3.05) is 7.11 Å². The Morgan fingerprint density at radius 2 is 1.88 bits per heavy atom. The summed E-state index contributed by atoms with van der Waals surface area (Å²) < 4.78 is 10.2. The van der Waals surface area contributed by atoms with Gasteiger partial charge in [-0.2, -0.15) is 0 Å². The number of ether oxygens (including phenoxy) is 2. The molecular weight excluding hydrogens is 330 g/mol. The van der Waals surface area contributed by atoms with E-state index < -0.39 is 12.1 Å². The molecule has 0 aliphatic heterocycles. The van der Waals surface area contributed by atoms with Crippen LogP contribution in [0.2, 0.25) is 5.02 Å². The van der Waals surface area contributed by atoms with E-state index in [9.17, 15) is 9.59 Å². The van der Waals surface area contributed by atoms with Gasteiger partial charge in [-0.1, -0.05) is 29.8 Å². The Labute approximate surface area is 145 Å². The minimum absolute atomic E-state index is 0.303. The molecule has 24 heavy (non-hydrogen) atoms. The number of hydrogen-bond donors (Lipinski definition) is 1. The number of benzene rings is 2. The predicted octanol–water partition coefficient (Wildman–Crippen LogP) is 3.21. The van der Waals surface area contributed by atoms with Gasteiger partial charge in [-0.25, -0.2) is 4.79 Å². The lowest BCUT2D eigenvalue weighted by atomic mass is 10.2. The fourth-order valence-corrected chi connectivity index (χ4v) is 2.16. The number of nitrogens with one attached hydrogen (secondary N) is 1. The molecule has 0 aliphatic carbocycles. The maximum Gasteiger partial charge on any atom is 0.338 e. The molecule has 2 aromatic carbocycles. The van der Waals surface area contributed by atoms with E-state index in [2.05, 4.69) is 5.32 Å². The Kier molecular flexibility index (Phi) is 6.21. The fraction of sp³-hybridized carbons (Fsp3) is 0.222. The summed E-state index contributed by atoms with van der Waals surface area (Å²) in [5.41, 5.74) is 1.22. The number of methoxy groups -OCH3 is 1. The smallest absolute Gasteiger partial charge is 0.338 e. The Morgan fingerprint density at radius 1 is 1.17 bits per heavy atom. The van der Waals surface area contributed by atoms with E-state index in [0.29, 0.717) is 17.1 Å². The molecule has 0 spiro atoms. The summed E-state index contributed by atoms with van der Waals surface area (Å²) in [6.07, 6.45) is -0.908. The monoisotopic (exact) mass is 347 g/mol. The van der Waals surface area contributed by atoms with E-state index in [1.165, 1.54) is 13.0 Å². The van der Waals surface area contributed by atoms with Crippen LogP contribution in [0.4, 0.5) is 0 Å². The lowest BCUT2D eigenvalue weighted by molar-refractivity contribution is -0.129. The molecule has 2 rings (SSSR count). The summed E-state index contributed by atoms with van der Waals surface area (Å²) in [5.74, 6) is -0.223. The van der Waals surface area contributed by atoms with Crippen LogP contribution in [0.5, 0.6) is 5.75 Å². The fourth-order valence-electron chi connectivity index (χ4n) is 1.97. The number of hydrogen-bond acceptors (Lipinski definition) is 4. The van der Waals surface area contributed by atoms with Crippen LogP contribution < -0.4 is 10.1 Å². The highest BCUT2D eigenvalue weighted by Gasteiger charge is 2.18. The van der Waals surface area contributed by atoms with Gasteiger partial charge in [0.05, 0.1) is 12.7 Å². The van der Waals surface area contributed by atoms with Crippen LogP contribution in [0.15, 0.2) is 48.5 Å². The summed E-state index contributed by atoms with van der Waals surface area (Å²) in [6.45, 7) is 1.85. The third-order valence-corrected chi connectivity index (χ3v) is 3.57. The van der Waals surface area contributed by atoms with E-state index in [0.717, 1.165) is 11.3 Å². The maximum atomic E-state index is 12.0. The highest BCUT2D eigenvalue weighted by atomic mass is 35.5. The lowest BCUT2D eigenvalue weighted by Crippen LogP contribution is -2.35. The van der Waals surface area contributed by atoms with Gasteiger partial charge in [0.25, 0.3) is 5.91 Å². The number of carbonyl (C=O) groups excluding carboxylic acids is 2. The van der Waals surface area contributed by atoms with Gasteiger partial charge in [0.15, 0.2) is 6.10 Å². The summed E-state index contributed by atoms with van der Waals surface area (Å²) in [7, 11) is 1.59. The van der Waals surface area contributed by atoms with Crippen LogP contribution in [0.25, 0.3) is 0 Å². The Morgan fingerprint density at radius 3 is 2.50 bits per heavy atom. The van der Waals surface area contributed by atoms with Gasteiger partial charge in [0, 0.05) is 11.6 Å². The zero-order valence-corrected chi connectivity index (χ0v) is 14.2. The Balaban J connectivity index is 1.86. The molecule has 126 valence electrons. The molecule has 0 fully saturated rings. The zero-order chi connectivity index (χ0) is 17.5. The largest absolute Gasteiger partial charge is 0.497 e. The van der Waals surface area contributed by atoms with Crippen molar-refractivity contribution in [1.29, 1.82) is 0 Å². The van der Waals surface area contributed by atoms with Crippen molar-refractivity contribution >= 4 is 23.5 Å². The van der Waals surface area contributed by atoms with Gasteiger partial charge < -0.3 is 14.8 Å². The highest BCUT2D eigenvalue weighted by molar-refractivity contribution is 6.30. The van der Waals surface area contributed by atoms with Crippen LogP contribution in [-0.4, -0.2) is 25.1 Å². The standard InChI is InChI=1S/C18H18ClNO4/c1-12(24-18(22)14-4-3-5-15(19)10-14)17(21)20-11-13-6-8-16(23-2)9-7-13/h3-10,12H,11H2,1-2H3,(H,20,21)/t12-/m0/s1. The lowest BCUT2D eigenvalue weighted by Gasteiger charge is -2.14. The number of rotatable bonds is 6. The van der Waals surface area contributed by atoms with Crippen LogP contribution in [0.3, 0.4) is 0 Å². The van der Waals surface area contributed by atoms with E-state index in [1.54, 1.807) is 25.3 Å². The second-order valence-corrected chi connectivity index (χ2v) is 5.56. The summed E-state index contributed by atoms with van der Waals surface area (Å²) in [6, 6.07) is 13.7. The average molecular weight is 348 g/mol. The summed E-state index contributed by atoms with van der Waals surface area (Å²) in [4.78, 5) is 24.0. The van der Waals surface area contributed by atoms with Crippen molar-refractivity contribution in [3.63, 3.8) is 0 Å². The first-order chi connectivity index (χ1) is 11.5. The van der Waals surface area contributed by atoms with Crippen molar-refractivity contribution < 1.29 is 19.1 Å². The van der Waals surface area contributed by atoms with Crippen LogP contribution in [0, 0.1) is 0 Å². The summed E-state index contributed by atoms with van der Waals surface area (Å²) in [5, 5.41) is 3.15. The molecule has 0 bridgehead atoms. The van der Waals surface area contributed by atoms with E-state index in [-0.39, 0.29) is 5.91 Å². The second-order valence-electron chi connectivity index (χ2n) is 5.12. The van der Waals surface area contributed by atoms with Crippen molar-refractivity contribution in [2.45, 2.75) is 19.6 Å². The molecule has 6 heteroatoms. The number of esters is 1. The van der Waals surface area contributed by atoms with Crippen LogP contribution in [-0.2, 0) is 16.1 Å². The zero-order valence-electron chi connectivity index (χ0n) is 13.4. The SMILES string of the molecule is COc1ccc(CNC(=O)[C@H](C)OC(=O)c2cccc(Cl)c2)cc1. The molecule has 0 unspecified atom stereocenters. The maximum absolute atomic E-state index is 12.0. The topological polar surface area (TPSA) is 64.6 Å². The van der Waals surface area contributed by atoms with Crippen molar-refractivity contribution in [1.82, 2.24) is 5.32 Å². The third-order valence-electron chi connectivity index (χ3n) is 3.34. The first-order valence-corrected chi connectivity index (χ1v) is 7.74. The third kappa shape index (κ3) is 4.99. The molecule has 1 amide bonds. The molecule has 0 saturated heterocycles. The average Bonchev–Trinajstić information content (AvgIpc) is 2.60. The van der Waals surface area contributed by atoms with Gasteiger partial charge >= 0.3 is 5.97 Å². The second kappa shape index (κ2) is 8.36. The van der Waals surface area contributed by atoms with Gasteiger partial charge in [-0.3, -0.25) is 4.79 Å². The highest BCUT2D eigenvalue weighted by Crippen LogP contribution is 2.13. The normalized spacial score (nSPS) is 11.5. The minimum atomic E-state index is -0.908. The molecular formula is C18H18ClNO4. The van der Waals surface area contributed by atoms with Gasteiger partial charge in [-0.15, -0.1) is 0 Å². The van der Waals surface area contributed by atoms with E-state index >= 15 is 0 Å². The molecule has 0 heterocycles. The van der Waals surface area contributed by atoms with Crippen LogP contribution >= 0.6 is 11.6 Å². The number of halogens is 1. The molecule has 0 radical (unpaired) electrons. The van der Waals surface area contributed by atoms with Crippen molar-refractivity contribution in [3.05, 3.63) is 64.7 Å². The molecule has 2 aromatic rings. The Hall–Kier alpha value is -2.53. The Bertz CT molecular complexity index is 715. The number of carbonyl (C=O) groups is 2. The quantitative estimate of drug-likeness (QED) is 0.815. The van der Waals surface area contributed by atoms with Crippen LogP contribution in [0.1, 0.15) is 22.8 Å². The van der Waals surface area contributed by atoms with Gasteiger partial charge in [-0.05, 0) is 42.8 Å². The van der Waals surface area contributed by atoms with Crippen molar-refractivity contribution in [3.8, 4) is 5.75 Å². The van der Waals surface area contributed by atoms with Crippen molar-refractivity contribution in [2.24, 2.45) is 0 Å². The van der Waals surface area contributed by atoms with E-state index in [4.69, 9.17) is 21.1 Å². The minimum Gasteiger partial charge on any atom is -0.497 e. The summed E-state index contributed by atoms with van der Waals surface area (Å²) >= 11 is 5.83. The van der Waals surface area contributed by atoms with Gasteiger partial charge in [0.1, 0.15) is 5.75 Å². The molecule has 5 nitrogen and oxygen atoms in total. The molecule has 1 atom stereocenters. The molecule has 0 saturated carbocycles. The molecule has 1 N–H and O–H groups in total. The first-order valence-electron chi connectivity index (χ1n) is 7.37. The predicted molar refractivity (Wildman–Crippen MR) is 91.2 cm³/mol. The first kappa shape index (κ1) is 17.8. The van der Waals surface area contributed by atoms with E-state index in [1.807, 2.05) is 24.3 Å².